The molecule has 1 aliphatic rings. The van der Waals surface area contributed by atoms with Crippen LogP contribution in [0.3, 0.4) is 0 Å². The van der Waals surface area contributed by atoms with Crippen molar-refractivity contribution >= 4 is 11.4 Å². The maximum absolute atomic E-state index is 10.9. The zero-order chi connectivity index (χ0) is 13.0. The molecule has 0 amide bonds. The Kier molecular flexibility index (Phi) is 4.15. The van der Waals surface area contributed by atoms with E-state index in [4.69, 9.17) is 4.74 Å². The molecule has 18 heavy (non-hydrogen) atoms. The molecule has 0 saturated heterocycles. The molecule has 0 spiro atoms. The van der Waals surface area contributed by atoms with Gasteiger partial charge in [-0.3, -0.25) is 10.1 Å². The highest BCUT2D eigenvalue weighted by Gasteiger charge is 2.21. The lowest BCUT2D eigenvalue weighted by Gasteiger charge is -2.08. The zero-order valence-corrected chi connectivity index (χ0v) is 10.5. The minimum absolute atomic E-state index is 0.122. The molecule has 2 rings (SSSR count). The summed E-state index contributed by atoms with van der Waals surface area (Å²) in [5, 5.41) is 13.9. The van der Waals surface area contributed by atoms with E-state index in [0.717, 1.165) is 18.1 Å². The van der Waals surface area contributed by atoms with Crippen molar-refractivity contribution in [3.8, 4) is 0 Å². The van der Waals surface area contributed by atoms with Gasteiger partial charge in [0, 0.05) is 19.2 Å². The summed E-state index contributed by atoms with van der Waals surface area (Å²) in [5.41, 5.74) is 1.56. The number of anilines is 1. The van der Waals surface area contributed by atoms with Crippen LogP contribution in [-0.2, 0) is 4.74 Å². The molecule has 0 atom stereocenters. The van der Waals surface area contributed by atoms with Crippen molar-refractivity contribution in [2.45, 2.75) is 19.8 Å². The summed E-state index contributed by atoms with van der Waals surface area (Å²) in [7, 11) is 0. The summed E-state index contributed by atoms with van der Waals surface area (Å²) in [6, 6.07) is 5.18. The molecular weight excluding hydrogens is 232 g/mol. The van der Waals surface area contributed by atoms with Gasteiger partial charge in [-0.15, -0.1) is 0 Å². The van der Waals surface area contributed by atoms with Crippen LogP contribution in [0, 0.1) is 23.0 Å². The summed E-state index contributed by atoms with van der Waals surface area (Å²) in [5.74, 6) is 0.749. The number of benzene rings is 1. The summed E-state index contributed by atoms with van der Waals surface area (Å²) in [6.07, 6.45) is 2.55. The Morgan fingerprint density at radius 2 is 2.28 bits per heavy atom. The van der Waals surface area contributed by atoms with Crippen molar-refractivity contribution in [1.82, 2.24) is 0 Å². The number of nitrogens with one attached hydrogen (secondary N) is 1. The van der Waals surface area contributed by atoms with Gasteiger partial charge in [-0.25, -0.2) is 0 Å². The van der Waals surface area contributed by atoms with Crippen molar-refractivity contribution in [1.29, 1.82) is 0 Å². The lowest BCUT2D eigenvalue weighted by molar-refractivity contribution is -0.384. The van der Waals surface area contributed by atoms with Crippen molar-refractivity contribution in [3.63, 3.8) is 0 Å². The normalized spacial score (nSPS) is 14.5. The van der Waals surface area contributed by atoms with Gasteiger partial charge in [-0.05, 0) is 37.3 Å². The maximum atomic E-state index is 10.9. The molecule has 98 valence electrons. The van der Waals surface area contributed by atoms with E-state index in [2.05, 4.69) is 5.32 Å². The van der Waals surface area contributed by atoms with Crippen LogP contribution >= 0.6 is 0 Å². The molecule has 0 radical (unpaired) electrons. The standard InChI is InChI=1S/C13H18N2O3/c1-10-2-5-12(13(8-10)15(16)17)14-6-7-18-9-11-3-4-11/h2,5,8,11,14H,3-4,6-7,9H2,1H3. The Morgan fingerprint density at radius 3 is 2.94 bits per heavy atom. The van der Waals surface area contributed by atoms with E-state index in [0.29, 0.717) is 18.8 Å². The Bertz CT molecular complexity index is 430. The summed E-state index contributed by atoms with van der Waals surface area (Å²) in [4.78, 5) is 10.5. The molecule has 1 aliphatic carbocycles. The molecule has 0 aromatic heterocycles. The number of hydrogen-bond acceptors (Lipinski definition) is 4. The third-order valence-corrected chi connectivity index (χ3v) is 2.96. The van der Waals surface area contributed by atoms with Crippen LogP contribution in [0.15, 0.2) is 18.2 Å². The molecule has 5 heteroatoms. The fourth-order valence-electron chi connectivity index (χ4n) is 1.73. The van der Waals surface area contributed by atoms with Crippen molar-refractivity contribution in [2.24, 2.45) is 5.92 Å². The molecule has 0 unspecified atom stereocenters. The highest BCUT2D eigenvalue weighted by Crippen LogP contribution is 2.28. The van der Waals surface area contributed by atoms with E-state index in [1.807, 2.05) is 13.0 Å². The monoisotopic (exact) mass is 250 g/mol. The van der Waals surface area contributed by atoms with Gasteiger partial charge >= 0.3 is 0 Å². The highest BCUT2D eigenvalue weighted by atomic mass is 16.6. The topological polar surface area (TPSA) is 64.4 Å². The van der Waals surface area contributed by atoms with Crippen molar-refractivity contribution < 1.29 is 9.66 Å². The van der Waals surface area contributed by atoms with Gasteiger partial charge in [-0.2, -0.15) is 0 Å². The van der Waals surface area contributed by atoms with Crippen LogP contribution in [-0.4, -0.2) is 24.7 Å². The molecule has 1 fully saturated rings. The molecule has 1 aromatic rings. The first-order valence-corrected chi connectivity index (χ1v) is 6.23. The minimum atomic E-state index is -0.361. The van der Waals surface area contributed by atoms with Crippen molar-refractivity contribution in [2.75, 3.05) is 25.1 Å². The lowest BCUT2D eigenvalue weighted by atomic mass is 10.2. The molecule has 0 aliphatic heterocycles. The first-order chi connectivity index (χ1) is 8.66. The Morgan fingerprint density at radius 1 is 1.50 bits per heavy atom. The minimum Gasteiger partial charge on any atom is -0.379 e. The third-order valence-electron chi connectivity index (χ3n) is 2.96. The van der Waals surface area contributed by atoms with Gasteiger partial charge in [0.25, 0.3) is 5.69 Å². The molecule has 0 bridgehead atoms. The lowest BCUT2D eigenvalue weighted by Crippen LogP contribution is -2.11. The van der Waals surface area contributed by atoms with Gasteiger partial charge in [0.15, 0.2) is 0 Å². The highest BCUT2D eigenvalue weighted by molar-refractivity contribution is 5.62. The molecule has 1 N–H and O–H groups in total. The second-order valence-electron chi connectivity index (χ2n) is 4.72. The van der Waals surface area contributed by atoms with Gasteiger partial charge in [0.1, 0.15) is 5.69 Å². The van der Waals surface area contributed by atoms with Crippen LogP contribution in [0.25, 0.3) is 0 Å². The smallest absolute Gasteiger partial charge is 0.292 e. The third kappa shape index (κ3) is 3.70. The van der Waals surface area contributed by atoms with Crippen LogP contribution in [0.4, 0.5) is 11.4 Å². The van der Waals surface area contributed by atoms with Crippen LogP contribution in [0.5, 0.6) is 0 Å². The van der Waals surface area contributed by atoms with Gasteiger partial charge < -0.3 is 10.1 Å². The largest absolute Gasteiger partial charge is 0.379 e. The van der Waals surface area contributed by atoms with Crippen LogP contribution < -0.4 is 5.32 Å². The molecule has 1 saturated carbocycles. The SMILES string of the molecule is Cc1ccc(NCCOCC2CC2)c([N+](=O)[O-])c1. The van der Waals surface area contributed by atoms with Crippen LogP contribution in [0.2, 0.25) is 0 Å². The molecule has 0 heterocycles. The Labute approximate surface area is 106 Å². The van der Waals surface area contributed by atoms with Gasteiger partial charge in [-0.1, -0.05) is 6.07 Å². The predicted octanol–water partition coefficient (Wildman–Crippen LogP) is 2.74. The van der Waals surface area contributed by atoms with E-state index in [1.165, 1.54) is 12.8 Å². The van der Waals surface area contributed by atoms with Gasteiger partial charge in [0.05, 0.1) is 11.5 Å². The number of hydrogen-bond donors (Lipinski definition) is 1. The van der Waals surface area contributed by atoms with E-state index < -0.39 is 0 Å². The second kappa shape index (κ2) is 5.82. The Balaban J connectivity index is 1.81. The first kappa shape index (κ1) is 12.8. The predicted molar refractivity (Wildman–Crippen MR) is 69.9 cm³/mol. The van der Waals surface area contributed by atoms with Gasteiger partial charge in [0.2, 0.25) is 0 Å². The average molecular weight is 250 g/mol. The Hall–Kier alpha value is -1.62. The number of nitro benzene ring substituents is 1. The number of nitrogens with zero attached hydrogens (tertiary/aromatic N) is 1. The summed E-state index contributed by atoms with van der Waals surface area (Å²) >= 11 is 0. The molecular formula is C13H18N2O3. The fraction of sp³-hybridized carbons (Fsp3) is 0.538. The number of rotatable bonds is 7. The molecule has 5 nitrogen and oxygen atoms in total. The average Bonchev–Trinajstić information content (AvgIpc) is 3.14. The second-order valence-corrected chi connectivity index (χ2v) is 4.72. The van der Waals surface area contributed by atoms with Crippen LogP contribution in [0.1, 0.15) is 18.4 Å². The maximum Gasteiger partial charge on any atom is 0.292 e. The molecule has 1 aromatic carbocycles. The fourth-order valence-corrected chi connectivity index (χ4v) is 1.73. The van der Waals surface area contributed by atoms with E-state index in [-0.39, 0.29) is 10.6 Å². The van der Waals surface area contributed by atoms with E-state index in [9.17, 15) is 10.1 Å². The van der Waals surface area contributed by atoms with E-state index >= 15 is 0 Å². The first-order valence-electron chi connectivity index (χ1n) is 6.23. The summed E-state index contributed by atoms with van der Waals surface area (Å²) in [6.45, 7) is 3.84. The van der Waals surface area contributed by atoms with E-state index in [1.54, 1.807) is 12.1 Å². The number of aryl methyl sites for hydroxylation is 1. The zero-order valence-electron chi connectivity index (χ0n) is 10.5. The quantitative estimate of drug-likeness (QED) is 0.459. The van der Waals surface area contributed by atoms with Crippen molar-refractivity contribution in [3.05, 3.63) is 33.9 Å². The number of ether oxygens (including phenoxy) is 1. The summed E-state index contributed by atoms with van der Waals surface area (Å²) < 4.78 is 5.47. The number of nitro groups is 1.